The number of hydrogen-bond donors (Lipinski definition) is 5. The van der Waals surface area contributed by atoms with Gasteiger partial charge in [-0.1, -0.05) is 0 Å². The predicted molar refractivity (Wildman–Crippen MR) is 75.2 cm³/mol. The average Bonchev–Trinajstić information content (AvgIpc) is 2.53. The van der Waals surface area contributed by atoms with Gasteiger partial charge in [-0.2, -0.15) is 0 Å². The maximum Gasteiger partial charge on any atom is 0.161 e. The number of ether oxygens (including phenoxy) is 4. The summed E-state index contributed by atoms with van der Waals surface area (Å²) in [6.07, 6.45) is -7.33. The fraction of sp³-hybridized carbons (Fsp3) is 1.00. The minimum absolute atomic E-state index is 0.0199. The number of hydrogen-bond acceptors (Lipinski definition) is 9. The summed E-state index contributed by atoms with van der Waals surface area (Å²) in [5.74, 6) is 0. The maximum atomic E-state index is 10.2. The molecule has 9 heteroatoms. The van der Waals surface area contributed by atoms with Crippen molar-refractivity contribution in [2.75, 3.05) is 19.8 Å². The molecule has 0 aromatic heterocycles. The molecule has 8 atom stereocenters. The highest BCUT2D eigenvalue weighted by molar-refractivity contribution is 4.87. The Labute approximate surface area is 134 Å². The van der Waals surface area contributed by atoms with E-state index in [1.165, 1.54) is 0 Å². The van der Waals surface area contributed by atoms with E-state index in [9.17, 15) is 20.4 Å². The van der Waals surface area contributed by atoms with Gasteiger partial charge in [0.1, 0.15) is 24.4 Å². The highest BCUT2D eigenvalue weighted by Gasteiger charge is 2.43. The minimum atomic E-state index is -1.21. The fourth-order valence-corrected chi connectivity index (χ4v) is 2.85. The third-order valence-electron chi connectivity index (χ3n) is 4.06. The average molecular weight is 338 g/mol. The molecule has 2 rings (SSSR count). The SMILES string of the molecule is CCO[C@@H]1C[C@@H](O)[C@H](OC2CC(O)C(O)C(CO)O2)C(CO)O1. The van der Waals surface area contributed by atoms with Crippen molar-refractivity contribution in [3.05, 3.63) is 0 Å². The predicted octanol–water partition coefficient (Wildman–Crippen LogP) is -2.29. The van der Waals surface area contributed by atoms with Crippen molar-refractivity contribution in [2.45, 2.75) is 69.0 Å². The van der Waals surface area contributed by atoms with Crippen LogP contribution in [-0.2, 0) is 18.9 Å². The third-order valence-corrected chi connectivity index (χ3v) is 4.06. The summed E-state index contributed by atoms with van der Waals surface area (Å²) >= 11 is 0. The summed E-state index contributed by atoms with van der Waals surface area (Å²) in [7, 11) is 0. The molecule has 5 unspecified atom stereocenters. The first-order valence-electron chi connectivity index (χ1n) is 7.84. The molecule has 2 heterocycles. The normalized spacial score (nSPS) is 45.1. The molecule has 0 aromatic carbocycles. The third kappa shape index (κ3) is 4.59. The van der Waals surface area contributed by atoms with Crippen LogP contribution in [0.4, 0.5) is 0 Å². The van der Waals surface area contributed by atoms with Crippen LogP contribution in [0, 0.1) is 0 Å². The van der Waals surface area contributed by atoms with Crippen LogP contribution in [-0.4, -0.2) is 94.6 Å². The van der Waals surface area contributed by atoms with E-state index in [0.29, 0.717) is 6.61 Å². The monoisotopic (exact) mass is 338 g/mol. The molecule has 0 radical (unpaired) electrons. The molecule has 0 aromatic rings. The van der Waals surface area contributed by atoms with Crippen LogP contribution >= 0.6 is 0 Å². The second-order valence-corrected chi connectivity index (χ2v) is 5.73. The Balaban J connectivity index is 1.97. The fourth-order valence-electron chi connectivity index (χ4n) is 2.85. The van der Waals surface area contributed by atoms with Crippen LogP contribution in [0.5, 0.6) is 0 Å². The van der Waals surface area contributed by atoms with Crippen LogP contribution in [0.3, 0.4) is 0 Å². The molecule has 0 amide bonds. The van der Waals surface area contributed by atoms with Crippen molar-refractivity contribution in [1.82, 2.24) is 0 Å². The first kappa shape index (κ1) is 19.0. The molecule has 0 spiro atoms. The molecule has 2 aliphatic heterocycles. The molecule has 5 N–H and O–H groups in total. The maximum absolute atomic E-state index is 10.2. The van der Waals surface area contributed by atoms with E-state index in [1.807, 2.05) is 0 Å². The molecule has 23 heavy (non-hydrogen) atoms. The molecule has 0 aliphatic carbocycles. The molecular formula is C14H26O9. The first-order chi connectivity index (χ1) is 11.0. The Morgan fingerprint density at radius 2 is 1.52 bits per heavy atom. The van der Waals surface area contributed by atoms with Crippen molar-refractivity contribution >= 4 is 0 Å². The molecule has 2 aliphatic rings. The van der Waals surface area contributed by atoms with Gasteiger partial charge in [-0.15, -0.1) is 0 Å². The van der Waals surface area contributed by atoms with Gasteiger partial charge in [0.05, 0.1) is 25.4 Å². The summed E-state index contributed by atoms with van der Waals surface area (Å²) in [4.78, 5) is 0. The van der Waals surface area contributed by atoms with E-state index in [4.69, 9.17) is 24.1 Å². The molecule has 2 saturated heterocycles. The van der Waals surface area contributed by atoms with Crippen molar-refractivity contribution in [3.8, 4) is 0 Å². The second kappa shape index (κ2) is 8.65. The summed E-state index contributed by atoms with van der Waals surface area (Å²) < 4.78 is 21.8. The van der Waals surface area contributed by atoms with Gasteiger partial charge in [-0.25, -0.2) is 0 Å². The molecule has 2 fully saturated rings. The molecule has 136 valence electrons. The lowest BCUT2D eigenvalue weighted by molar-refractivity contribution is -0.320. The van der Waals surface area contributed by atoms with E-state index < -0.39 is 55.8 Å². The van der Waals surface area contributed by atoms with E-state index in [-0.39, 0.29) is 19.4 Å². The van der Waals surface area contributed by atoms with Gasteiger partial charge < -0.3 is 44.5 Å². The zero-order valence-corrected chi connectivity index (χ0v) is 13.0. The molecule has 9 nitrogen and oxygen atoms in total. The van der Waals surface area contributed by atoms with Gasteiger partial charge in [0.2, 0.25) is 0 Å². The van der Waals surface area contributed by atoms with Gasteiger partial charge in [0.25, 0.3) is 0 Å². The van der Waals surface area contributed by atoms with Gasteiger partial charge in [-0.3, -0.25) is 0 Å². The Morgan fingerprint density at radius 1 is 0.913 bits per heavy atom. The molecular weight excluding hydrogens is 312 g/mol. The minimum Gasteiger partial charge on any atom is -0.394 e. The Bertz CT molecular complexity index is 355. The van der Waals surface area contributed by atoms with Crippen molar-refractivity contribution in [1.29, 1.82) is 0 Å². The van der Waals surface area contributed by atoms with Crippen LogP contribution in [0.1, 0.15) is 19.8 Å². The van der Waals surface area contributed by atoms with Crippen molar-refractivity contribution in [3.63, 3.8) is 0 Å². The molecule has 0 bridgehead atoms. The highest BCUT2D eigenvalue weighted by atomic mass is 16.7. The quantitative estimate of drug-likeness (QED) is 0.362. The lowest BCUT2D eigenvalue weighted by Crippen LogP contribution is -2.56. The van der Waals surface area contributed by atoms with Crippen LogP contribution in [0.2, 0.25) is 0 Å². The number of aliphatic hydroxyl groups excluding tert-OH is 5. The molecule has 0 saturated carbocycles. The lowest BCUT2D eigenvalue weighted by atomic mass is 10.00. The zero-order chi connectivity index (χ0) is 17.0. The van der Waals surface area contributed by atoms with Gasteiger partial charge in [0, 0.05) is 19.4 Å². The van der Waals surface area contributed by atoms with E-state index in [2.05, 4.69) is 0 Å². The summed E-state index contributed by atoms with van der Waals surface area (Å²) in [5, 5.41) is 48.3. The van der Waals surface area contributed by atoms with Gasteiger partial charge in [0.15, 0.2) is 12.6 Å². The van der Waals surface area contributed by atoms with E-state index in [0.717, 1.165) is 0 Å². The smallest absolute Gasteiger partial charge is 0.161 e. The van der Waals surface area contributed by atoms with Crippen molar-refractivity contribution < 1.29 is 44.5 Å². The first-order valence-corrected chi connectivity index (χ1v) is 7.84. The van der Waals surface area contributed by atoms with Crippen LogP contribution < -0.4 is 0 Å². The Kier molecular flexibility index (Phi) is 7.14. The standard InChI is InChI=1S/C14H26O9/c1-2-20-11-4-8(18)14(10(6-16)22-11)23-12-3-7(17)13(19)9(5-15)21-12/h7-19H,2-6H2,1H3/t7?,8-,9?,10?,11+,12?,13?,14+/m1/s1. The Morgan fingerprint density at radius 3 is 2.13 bits per heavy atom. The van der Waals surface area contributed by atoms with Gasteiger partial charge in [-0.05, 0) is 6.92 Å². The van der Waals surface area contributed by atoms with Crippen molar-refractivity contribution in [2.24, 2.45) is 0 Å². The number of rotatable bonds is 6. The summed E-state index contributed by atoms with van der Waals surface area (Å²) in [6, 6.07) is 0. The Hall–Kier alpha value is -0.360. The van der Waals surface area contributed by atoms with E-state index >= 15 is 0 Å². The van der Waals surface area contributed by atoms with Crippen LogP contribution in [0.15, 0.2) is 0 Å². The topological polar surface area (TPSA) is 138 Å². The summed E-state index contributed by atoms with van der Waals surface area (Å²) in [6.45, 7) is 1.35. The van der Waals surface area contributed by atoms with Gasteiger partial charge >= 0.3 is 0 Å². The highest BCUT2D eigenvalue weighted by Crippen LogP contribution is 2.28. The van der Waals surface area contributed by atoms with Crippen LogP contribution in [0.25, 0.3) is 0 Å². The largest absolute Gasteiger partial charge is 0.394 e. The second-order valence-electron chi connectivity index (χ2n) is 5.73. The zero-order valence-electron chi connectivity index (χ0n) is 13.0. The lowest BCUT2D eigenvalue weighted by Gasteiger charge is -2.42. The summed E-state index contributed by atoms with van der Waals surface area (Å²) in [5.41, 5.74) is 0. The number of aliphatic hydroxyl groups is 5. The van der Waals surface area contributed by atoms with E-state index in [1.54, 1.807) is 6.92 Å².